The Labute approximate surface area is 170 Å². The molecule has 0 atom stereocenters. The summed E-state index contributed by atoms with van der Waals surface area (Å²) in [7, 11) is 2.96. The maximum absolute atomic E-state index is 13.4. The molecule has 1 amide bonds. The molecule has 1 N–H and O–H groups in total. The molecule has 0 radical (unpaired) electrons. The van der Waals surface area contributed by atoms with Crippen molar-refractivity contribution in [3.63, 3.8) is 0 Å². The fourth-order valence-corrected chi connectivity index (χ4v) is 4.66. The Morgan fingerprint density at radius 2 is 1.76 bits per heavy atom. The van der Waals surface area contributed by atoms with Crippen LogP contribution in [0.1, 0.15) is 20.0 Å². The molecule has 0 aliphatic rings. The van der Waals surface area contributed by atoms with Crippen LogP contribution in [0.2, 0.25) is 0 Å². The first kappa shape index (κ1) is 18.9. The van der Waals surface area contributed by atoms with Gasteiger partial charge in [-0.2, -0.15) is 0 Å². The SMILES string of the molecule is CNC(=O)c1sc2c(c1OC)c(=O)n(CC(=O)c1ccccc1)c1ccccc21. The van der Waals surface area contributed by atoms with Crippen LogP contribution in [-0.4, -0.2) is 30.4 Å². The first-order valence-corrected chi connectivity index (χ1v) is 9.80. The molecule has 2 aromatic heterocycles. The van der Waals surface area contributed by atoms with Crippen molar-refractivity contribution < 1.29 is 14.3 Å². The highest BCUT2D eigenvalue weighted by Crippen LogP contribution is 2.39. The molecule has 2 heterocycles. The van der Waals surface area contributed by atoms with Gasteiger partial charge in [0.15, 0.2) is 11.5 Å². The van der Waals surface area contributed by atoms with Gasteiger partial charge in [0.05, 0.1) is 23.9 Å². The number of hydrogen-bond acceptors (Lipinski definition) is 5. The molecule has 0 spiro atoms. The predicted octanol–water partition coefficient (Wildman–Crippen LogP) is 3.47. The molecule has 4 aromatic rings. The van der Waals surface area contributed by atoms with Gasteiger partial charge in [-0.15, -0.1) is 11.3 Å². The molecule has 0 unspecified atom stereocenters. The standard InChI is InChI=1S/C22H18N2O4S/c1-23-21(26)20-18(28-2)17-19(29-20)14-10-6-7-11-15(14)24(22(17)27)12-16(25)13-8-4-3-5-9-13/h3-11H,12H2,1-2H3,(H,23,26). The van der Waals surface area contributed by atoms with E-state index in [0.717, 1.165) is 5.39 Å². The molecule has 0 aliphatic heterocycles. The first-order valence-electron chi connectivity index (χ1n) is 8.99. The number of carbonyl (C=O) groups excluding carboxylic acids is 2. The monoisotopic (exact) mass is 406 g/mol. The third kappa shape index (κ3) is 3.09. The zero-order valence-corrected chi connectivity index (χ0v) is 16.7. The molecule has 0 saturated heterocycles. The Morgan fingerprint density at radius 1 is 1.07 bits per heavy atom. The Bertz CT molecular complexity index is 1310. The zero-order chi connectivity index (χ0) is 20.5. The van der Waals surface area contributed by atoms with E-state index in [1.165, 1.54) is 30.1 Å². The topological polar surface area (TPSA) is 77.4 Å². The van der Waals surface area contributed by atoms with Crippen LogP contribution < -0.4 is 15.6 Å². The molecule has 0 aliphatic carbocycles. The van der Waals surface area contributed by atoms with Gasteiger partial charge in [0, 0.05) is 18.0 Å². The molecule has 2 aromatic carbocycles. The van der Waals surface area contributed by atoms with Gasteiger partial charge < -0.3 is 10.1 Å². The minimum absolute atomic E-state index is 0.104. The number of ether oxygens (including phenoxy) is 1. The summed E-state index contributed by atoms with van der Waals surface area (Å²) in [6.07, 6.45) is 0. The maximum Gasteiger partial charge on any atom is 0.264 e. The number of Topliss-reactive ketones (excluding diaryl/α,β-unsaturated/α-hetero) is 1. The summed E-state index contributed by atoms with van der Waals surface area (Å²) in [5.41, 5.74) is 0.819. The molecular weight excluding hydrogens is 388 g/mol. The van der Waals surface area contributed by atoms with E-state index in [4.69, 9.17) is 4.74 Å². The molecular formula is C22H18N2O4S. The number of benzene rings is 2. The Kier molecular flexibility index (Phi) is 4.90. The fourth-order valence-electron chi connectivity index (χ4n) is 3.42. The summed E-state index contributed by atoms with van der Waals surface area (Å²) in [5.74, 6) is -0.252. The molecule has 29 heavy (non-hydrogen) atoms. The van der Waals surface area contributed by atoms with Gasteiger partial charge >= 0.3 is 0 Å². The van der Waals surface area contributed by atoms with Crippen LogP contribution in [0.25, 0.3) is 21.0 Å². The summed E-state index contributed by atoms with van der Waals surface area (Å²) in [4.78, 5) is 38.9. The molecule has 0 saturated carbocycles. The number of rotatable bonds is 5. The highest BCUT2D eigenvalue weighted by molar-refractivity contribution is 7.22. The number of ketones is 1. The summed E-state index contributed by atoms with van der Waals surface area (Å²) >= 11 is 1.21. The third-order valence-corrected chi connectivity index (χ3v) is 6.00. The van der Waals surface area contributed by atoms with Crippen molar-refractivity contribution in [2.45, 2.75) is 6.54 Å². The van der Waals surface area contributed by atoms with Gasteiger partial charge in [0.2, 0.25) is 0 Å². The van der Waals surface area contributed by atoms with Crippen molar-refractivity contribution in [2.24, 2.45) is 0 Å². The Morgan fingerprint density at radius 3 is 2.45 bits per heavy atom. The van der Waals surface area contributed by atoms with Crippen molar-refractivity contribution >= 4 is 44.0 Å². The average molecular weight is 406 g/mol. The van der Waals surface area contributed by atoms with Crippen LogP contribution in [0.3, 0.4) is 0 Å². The average Bonchev–Trinajstić information content (AvgIpc) is 3.16. The van der Waals surface area contributed by atoms with E-state index in [1.54, 1.807) is 30.3 Å². The van der Waals surface area contributed by atoms with E-state index >= 15 is 0 Å². The number of methoxy groups -OCH3 is 1. The highest BCUT2D eigenvalue weighted by Gasteiger charge is 2.25. The molecule has 7 heteroatoms. The second-order valence-electron chi connectivity index (χ2n) is 6.45. The molecule has 6 nitrogen and oxygen atoms in total. The number of thiophene rings is 1. The highest BCUT2D eigenvalue weighted by atomic mass is 32.1. The van der Waals surface area contributed by atoms with Crippen molar-refractivity contribution in [2.75, 3.05) is 14.2 Å². The normalized spacial score (nSPS) is 11.0. The van der Waals surface area contributed by atoms with Gasteiger partial charge in [-0.25, -0.2) is 0 Å². The van der Waals surface area contributed by atoms with E-state index in [0.29, 0.717) is 26.0 Å². The maximum atomic E-state index is 13.4. The number of hydrogen-bond donors (Lipinski definition) is 1. The van der Waals surface area contributed by atoms with E-state index < -0.39 is 0 Å². The third-order valence-electron chi connectivity index (χ3n) is 4.80. The number of nitrogens with zero attached hydrogens (tertiary/aromatic N) is 1. The number of pyridine rings is 1. The van der Waals surface area contributed by atoms with Gasteiger partial charge in [-0.05, 0) is 6.07 Å². The smallest absolute Gasteiger partial charge is 0.264 e. The summed E-state index contributed by atoms with van der Waals surface area (Å²) in [5, 5.41) is 3.69. The van der Waals surface area contributed by atoms with Crippen molar-refractivity contribution in [1.82, 2.24) is 9.88 Å². The second kappa shape index (κ2) is 7.52. The number of carbonyl (C=O) groups is 2. The Balaban J connectivity index is 2.01. The van der Waals surface area contributed by atoms with Gasteiger partial charge in [-0.3, -0.25) is 19.0 Å². The van der Waals surface area contributed by atoms with Gasteiger partial charge in [0.25, 0.3) is 11.5 Å². The minimum atomic E-state index is -0.355. The number of amides is 1. The van der Waals surface area contributed by atoms with Gasteiger partial charge in [0.1, 0.15) is 10.3 Å². The number of para-hydroxylation sites is 1. The van der Waals surface area contributed by atoms with Crippen LogP contribution in [0.5, 0.6) is 5.75 Å². The molecule has 4 rings (SSSR count). The van der Waals surface area contributed by atoms with Crippen molar-refractivity contribution in [1.29, 1.82) is 0 Å². The summed E-state index contributed by atoms with van der Waals surface area (Å²) < 4.78 is 7.57. The number of aromatic nitrogens is 1. The largest absolute Gasteiger partial charge is 0.494 e. The molecule has 0 fully saturated rings. The van der Waals surface area contributed by atoms with Crippen LogP contribution in [0.4, 0.5) is 0 Å². The van der Waals surface area contributed by atoms with Crippen LogP contribution in [-0.2, 0) is 6.54 Å². The summed E-state index contributed by atoms with van der Waals surface area (Å²) in [6, 6.07) is 16.2. The van der Waals surface area contributed by atoms with E-state index in [9.17, 15) is 14.4 Å². The quantitative estimate of drug-likeness (QED) is 0.515. The lowest BCUT2D eigenvalue weighted by atomic mass is 10.1. The second-order valence-corrected chi connectivity index (χ2v) is 7.47. The van der Waals surface area contributed by atoms with Crippen molar-refractivity contribution in [3.05, 3.63) is 75.4 Å². The van der Waals surface area contributed by atoms with Crippen molar-refractivity contribution in [3.8, 4) is 5.75 Å². The lowest BCUT2D eigenvalue weighted by Crippen LogP contribution is -2.25. The van der Waals surface area contributed by atoms with Gasteiger partial charge in [-0.1, -0.05) is 48.5 Å². The fraction of sp³-hybridized carbons (Fsp3) is 0.136. The van der Waals surface area contributed by atoms with Crippen LogP contribution in [0, 0.1) is 0 Å². The lowest BCUT2D eigenvalue weighted by molar-refractivity contribution is 0.0959. The minimum Gasteiger partial charge on any atom is -0.494 e. The number of fused-ring (bicyclic) bond motifs is 3. The zero-order valence-electron chi connectivity index (χ0n) is 15.9. The van der Waals surface area contributed by atoms with E-state index in [2.05, 4.69) is 5.32 Å². The molecule has 146 valence electrons. The van der Waals surface area contributed by atoms with E-state index in [-0.39, 0.29) is 29.5 Å². The van der Waals surface area contributed by atoms with Crippen LogP contribution in [0.15, 0.2) is 59.4 Å². The first-order chi connectivity index (χ1) is 14.1. The Hall–Kier alpha value is -3.45. The summed E-state index contributed by atoms with van der Waals surface area (Å²) in [6.45, 7) is -0.104. The predicted molar refractivity (Wildman–Crippen MR) is 114 cm³/mol. The lowest BCUT2D eigenvalue weighted by Gasteiger charge is -2.11. The van der Waals surface area contributed by atoms with Crippen LogP contribution >= 0.6 is 11.3 Å². The molecule has 0 bridgehead atoms. The number of nitrogens with one attached hydrogen (secondary N) is 1. The van der Waals surface area contributed by atoms with E-state index in [1.807, 2.05) is 24.3 Å².